The second-order valence-corrected chi connectivity index (χ2v) is 4.88. The van der Waals surface area contributed by atoms with Gasteiger partial charge in [-0.05, 0) is 25.3 Å². The van der Waals surface area contributed by atoms with Crippen LogP contribution in [0.5, 0.6) is 0 Å². The molecular weight excluding hydrogens is 198 g/mol. The van der Waals surface area contributed by atoms with Gasteiger partial charge < -0.3 is 5.32 Å². The molecule has 2 atom stereocenters. The van der Waals surface area contributed by atoms with Crippen molar-refractivity contribution in [3.63, 3.8) is 0 Å². The zero-order valence-corrected chi connectivity index (χ0v) is 10.4. The summed E-state index contributed by atoms with van der Waals surface area (Å²) in [6.45, 7) is 6.87. The second kappa shape index (κ2) is 4.83. The van der Waals surface area contributed by atoms with Crippen molar-refractivity contribution in [3.05, 3.63) is 23.9 Å². The van der Waals surface area contributed by atoms with Crippen LogP contribution >= 0.6 is 0 Å². The molecule has 2 unspecified atom stereocenters. The highest BCUT2D eigenvalue weighted by Crippen LogP contribution is 2.25. The van der Waals surface area contributed by atoms with Crippen molar-refractivity contribution in [3.8, 4) is 0 Å². The van der Waals surface area contributed by atoms with Crippen LogP contribution in [0.2, 0.25) is 0 Å². The van der Waals surface area contributed by atoms with Crippen molar-refractivity contribution < 1.29 is 0 Å². The molecule has 2 heterocycles. The van der Waals surface area contributed by atoms with Crippen molar-refractivity contribution in [1.29, 1.82) is 0 Å². The predicted octanol–water partition coefficient (Wildman–Crippen LogP) is 2.35. The van der Waals surface area contributed by atoms with Gasteiger partial charge in [0.15, 0.2) is 0 Å². The van der Waals surface area contributed by atoms with E-state index in [4.69, 9.17) is 0 Å². The lowest BCUT2D eigenvalue weighted by molar-refractivity contribution is 0.257. The van der Waals surface area contributed by atoms with E-state index in [0.29, 0.717) is 6.04 Å². The van der Waals surface area contributed by atoms with Gasteiger partial charge in [0.2, 0.25) is 0 Å². The van der Waals surface area contributed by atoms with E-state index in [-0.39, 0.29) is 0 Å². The molecule has 0 spiro atoms. The molecule has 0 saturated carbocycles. The number of nitrogens with zero attached hydrogens (tertiary/aromatic N) is 2. The van der Waals surface area contributed by atoms with E-state index in [1.54, 1.807) is 0 Å². The predicted molar refractivity (Wildman–Crippen MR) is 67.4 cm³/mol. The summed E-state index contributed by atoms with van der Waals surface area (Å²) in [4.78, 5) is 6.89. The molecule has 16 heavy (non-hydrogen) atoms. The molecular formula is C13H21N3. The molecule has 0 aromatic carbocycles. The van der Waals surface area contributed by atoms with E-state index in [0.717, 1.165) is 18.3 Å². The Hall–Kier alpha value is -1.09. The fourth-order valence-corrected chi connectivity index (χ4v) is 2.62. The lowest BCUT2D eigenvalue weighted by Crippen LogP contribution is -2.27. The summed E-state index contributed by atoms with van der Waals surface area (Å²) >= 11 is 0. The molecule has 1 saturated heterocycles. The number of nitrogens with one attached hydrogen (secondary N) is 1. The maximum absolute atomic E-state index is 4.35. The van der Waals surface area contributed by atoms with Gasteiger partial charge in [0.25, 0.3) is 0 Å². The standard InChI is InChI=1S/C13H21N3/c1-10-7-11(2)16(8-10)9-12-5-4-6-15-13(12)14-3/h4-6,10-11H,7-9H2,1-3H3,(H,14,15). The average molecular weight is 219 g/mol. The van der Waals surface area contributed by atoms with Crippen LogP contribution in [0, 0.1) is 5.92 Å². The van der Waals surface area contributed by atoms with Gasteiger partial charge >= 0.3 is 0 Å². The lowest BCUT2D eigenvalue weighted by atomic mass is 10.1. The fraction of sp³-hybridized carbons (Fsp3) is 0.615. The molecule has 88 valence electrons. The summed E-state index contributed by atoms with van der Waals surface area (Å²) in [6, 6.07) is 4.87. The highest BCUT2D eigenvalue weighted by molar-refractivity contribution is 5.42. The Kier molecular flexibility index (Phi) is 3.44. The van der Waals surface area contributed by atoms with E-state index in [9.17, 15) is 0 Å². The SMILES string of the molecule is CNc1ncccc1CN1CC(C)CC1C. The van der Waals surface area contributed by atoms with Crippen LogP contribution in [0.4, 0.5) is 5.82 Å². The van der Waals surface area contributed by atoms with Gasteiger partial charge in [-0.2, -0.15) is 0 Å². The van der Waals surface area contributed by atoms with E-state index in [1.165, 1.54) is 18.5 Å². The van der Waals surface area contributed by atoms with Crippen LogP contribution in [0.1, 0.15) is 25.8 Å². The quantitative estimate of drug-likeness (QED) is 0.846. The fourth-order valence-electron chi connectivity index (χ4n) is 2.62. The third-order valence-corrected chi connectivity index (χ3v) is 3.41. The Balaban J connectivity index is 2.09. The summed E-state index contributed by atoms with van der Waals surface area (Å²) in [7, 11) is 1.93. The molecule has 3 heteroatoms. The third kappa shape index (κ3) is 2.35. The van der Waals surface area contributed by atoms with Crippen molar-refractivity contribution in [1.82, 2.24) is 9.88 Å². The topological polar surface area (TPSA) is 28.2 Å². The van der Waals surface area contributed by atoms with E-state index >= 15 is 0 Å². The molecule has 0 radical (unpaired) electrons. The summed E-state index contributed by atoms with van der Waals surface area (Å²) in [5, 5.41) is 3.16. The summed E-state index contributed by atoms with van der Waals surface area (Å²) in [5.41, 5.74) is 1.30. The van der Waals surface area contributed by atoms with E-state index < -0.39 is 0 Å². The van der Waals surface area contributed by atoms with Gasteiger partial charge in [-0.1, -0.05) is 13.0 Å². The monoisotopic (exact) mass is 219 g/mol. The minimum atomic E-state index is 0.694. The highest BCUT2D eigenvalue weighted by atomic mass is 15.2. The highest BCUT2D eigenvalue weighted by Gasteiger charge is 2.26. The lowest BCUT2D eigenvalue weighted by Gasteiger charge is -2.22. The zero-order valence-electron chi connectivity index (χ0n) is 10.4. The molecule has 1 fully saturated rings. The summed E-state index contributed by atoms with van der Waals surface area (Å²) < 4.78 is 0. The van der Waals surface area contributed by atoms with Crippen LogP contribution in [0.3, 0.4) is 0 Å². The minimum absolute atomic E-state index is 0.694. The molecule has 1 aliphatic heterocycles. The number of likely N-dealkylation sites (tertiary alicyclic amines) is 1. The largest absolute Gasteiger partial charge is 0.373 e. The first kappa shape index (κ1) is 11.4. The van der Waals surface area contributed by atoms with Crippen LogP contribution in [0.15, 0.2) is 18.3 Å². The molecule has 3 nitrogen and oxygen atoms in total. The Morgan fingerprint density at radius 1 is 1.50 bits per heavy atom. The van der Waals surface area contributed by atoms with E-state index in [2.05, 4.69) is 35.1 Å². The maximum Gasteiger partial charge on any atom is 0.130 e. The van der Waals surface area contributed by atoms with Crippen molar-refractivity contribution >= 4 is 5.82 Å². The van der Waals surface area contributed by atoms with Gasteiger partial charge in [-0.25, -0.2) is 4.98 Å². The minimum Gasteiger partial charge on any atom is -0.373 e. The molecule has 1 aromatic rings. The molecule has 0 aliphatic carbocycles. The number of rotatable bonds is 3. The number of hydrogen-bond acceptors (Lipinski definition) is 3. The van der Waals surface area contributed by atoms with Crippen LogP contribution in [-0.4, -0.2) is 29.5 Å². The van der Waals surface area contributed by atoms with Crippen molar-refractivity contribution in [2.45, 2.75) is 32.9 Å². The van der Waals surface area contributed by atoms with Crippen molar-refractivity contribution in [2.24, 2.45) is 5.92 Å². The summed E-state index contributed by atoms with van der Waals surface area (Å²) in [5.74, 6) is 1.83. The molecule has 0 amide bonds. The van der Waals surface area contributed by atoms with Gasteiger partial charge in [-0.15, -0.1) is 0 Å². The smallest absolute Gasteiger partial charge is 0.130 e. The number of aromatic nitrogens is 1. The normalized spacial score (nSPS) is 25.9. The van der Waals surface area contributed by atoms with Crippen LogP contribution in [0.25, 0.3) is 0 Å². The third-order valence-electron chi connectivity index (χ3n) is 3.41. The van der Waals surface area contributed by atoms with Gasteiger partial charge in [0.1, 0.15) is 5.82 Å². The Bertz CT molecular complexity index is 351. The van der Waals surface area contributed by atoms with Gasteiger partial charge in [0, 0.05) is 37.9 Å². The average Bonchev–Trinajstić information content (AvgIpc) is 2.58. The number of pyridine rings is 1. The first-order chi connectivity index (χ1) is 7.70. The van der Waals surface area contributed by atoms with Gasteiger partial charge in [0.05, 0.1) is 0 Å². The molecule has 2 rings (SSSR count). The molecule has 0 bridgehead atoms. The van der Waals surface area contributed by atoms with Crippen LogP contribution < -0.4 is 5.32 Å². The Labute approximate surface area is 97.9 Å². The summed E-state index contributed by atoms with van der Waals surface area (Å²) in [6.07, 6.45) is 3.15. The van der Waals surface area contributed by atoms with Crippen LogP contribution in [-0.2, 0) is 6.54 Å². The molecule has 1 aliphatic rings. The number of hydrogen-bond donors (Lipinski definition) is 1. The second-order valence-electron chi connectivity index (χ2n) is 4.88. The molecule has 1 aromatic heterocycles. The zero-order chi connectivity index (χ0) is 11.5. The maximum atomic E-state index is 4.35. The Morgan fingerprint density at radius 3 is 2.94 bits per heavy atom. The van der Waals surface area contributed by atoms with E-state index in [1.807, 2.05) is 19.3 Å². The number of anilines is 1. The first-order valence-corrected chi connectivity index (χ1v) is 6.06. The van der Waals surface area contributed by atoms with Gasteiger partial charge in [-0.3, -0.25) is 4.90 Å². The Morgan fingerprint density at radius 2 is 2.31 bits per heavy atom. The first-order valence-electron chi connectivity index (χ1n) is 6.06. The van der Waals surface area contributed by atoms with Crippen molar-refractivity contribution in [2.75, 3.05) is 18.9 Å². The molecule has 1 N–H and O–H groups in total.